The van der Waals surface area contributed by atoms with Crippen LogP contribution in [0.4, 0.5) is 10.1 Å². The van der Waals surface area contributed by atoms with E-state index >= 15 is 0 Å². The summed E-state index contributed by atoms with van der Waals surface area (Å²) in [5.41, 5.74) is 2.04. The fourth-order valence-electron chi connectivity index (χ4n) is 4.92. The smallest absolute Gasteiger partial charge is 0.243 e. The van der Waals surface area contributed by atoms with Crippen LogP contribution in [-0.4, -0.2) is 74.9 Å². The van der Waals surface area contributed by atoms with Gasteiger partial charge in [-0.1, -0.05) is 18.2 Å². The molecule has 2 fully saturated rings. The average Bonchev–Trinajstić information content (AvgIpc) is 2.84. The molecule has 33 heavy (non-hydrogen) atoms. The highest BCUT2D eigenvalue weighted by Gasteiger charge is 2.47. The van der Waals surface area contributed by atoms with Gasteiger partial charge < -0.3 is 4.90 Å². The van der Waals surface area contributed by atoms with Gasteiger partial charge in [0.25, 0.3) is 0 Å². The molecule has 0 radical (unpaired) electrons. The zero-order chi connectivity index (χ0) is 22.9. The van der Waals surface area contributed by atoms with Crippen LogP contribution < -0.4 is 4.90 Å². The number of thioether (sulfide) groups is 2. The van der Waals surface area contributed by atoms with E-state index in [0.29, 0.717) is 18.0 Å². The molecular formula is C24H30FN3O2S3. The number of anilines is 1. The third-order valence-corrected chi connectivity index (χ3v) is 11.9. The summed E-state index contributed by atoms with van der Waals surface area (Å²) in [5.74, 6) is 1.95. The van der Waals surface area contributed by atoms with Crippen LogP contribution in [-0.2, 0) is 14.1 Å². The van der Waals surface area contributed by atoms with E-state index in [1.165, 1.54) is 18.6 Å². The van der Waals surface area contributed by atoms with Crippen molar-refractivity contribution in [3.8, 4) is 0 Å². The molecule has 178 valence electrons. The quantitative estimate of drug-likeness (QED) is 0.608. The van der Waals surface area contributed by atoms with Crippen molar-refractivity contribution >= 4 is 39.2 Å². The van der Waals surface area contributed by atoms with E-state index in [0.717, 1.165) is 61.9 Å². The molecule has 0 saturated carbocycles. The Hall–Kier alpha value is -1.26. The maximum Gasteiger partial charge on any atom is 0.243 e. The van der Waals surface area contributed by atoms with Crippen molar-refractivity contribution in [3.05, 3.63) is 59.9 Å². The van der Waals surface area contributed by atoms with Gasteiger partial charge >= 0.3 is 0 Å². The minimum Gasteiger partial charge on any atom is -0.369 e. The lowest BCUT2D eigenvalue weighted by Gasteiger charge is -2.44. The van der Waals surface area contributed by atoms with E-state index in [-0.39, 0.29) is 9.90 Å². The van der Waals surface area contributed by atoms with Crippen LogP contribution in [0, 0.1) is 5.82 Å². The molecule has 0 bridgehead atoms. The summed E-state index contributed by atoms with van der Waals surface area (Å²) >= 11 is 3.82. The summed E-state index contributed by atoms with van der Waals surface area (Å²) in [6.45, 7) is 5.66. The summed E-state index contributed by atoms with van der Waals surface area (Å²) in [7, 11) is -3.46. The molecule has 0 N–H and O–H groups in total. The predicted molar refractivity (Wildman–Crippen MR) is 136 cm³/mol. The first-order valence-electron chi connectivity index (χ1n) is 11.6. The number of nitrogens with zero attached hydrogens (tertiary/aromatic N) is 3. The van der Waals surface area contributed by atoms with Crippen molar-refractivity contribution in [2.24, 2.45) is 0 Å². The van der Waals surface area contributed by atoms with Gasteiger partial charge in [-0.25, -0.2) is 12.8 Å². The molecular weight excluding hydrogens is 477 g/mol. The SMILES string of the molecule is O=S1(=O)c2ccccc2C2(CN1CCCN1CCN(c3ccc(F)cc3)CC1)SCCCS2. The van der Waals surface area contributed by atoms with Gasteiger partial charge in [-0.2, -0.15) is 4.31 Å². The van der Waals surface area contributed by atoms with E-state index in [1.54, 1.807) is 10.4 Å². The van der Waals surface area contributed by atoms with Gasteiger partial charge in [0.15, 0.2) is 0 Å². The highest BCUT2D eigenvalue weighted by molar-refractivity contribution is 8.18. The number of piperazine rings is 1. The van der Waals surface area contributed by atoms with Crippen molar-refractivity contribution in [1.29, 1.82) is 0 Å². The Morgan fingerprint density at radius 1 is 0.909 bits per heavy atom. The lowest BCUT2D eigenvalue weighted by Crippen LogP contribution is -2.49. The highest BCUT2D eigenvalue weighted by atomic mass is 32.2. The Kier molecular flexibility index (Phi) is 6.96. The number of hydrogen-bond acceptors (Lipinski definition) is 6. The molecule has 9 heteroatoms. The van der Waals surface area contributed by atoms with Crippen LogP contribution in [0.3, 0.4) is 0 Å². The van der Waals surface area contributed by atoms with E-state index < -0.39 is 10.0 Å². The van der Waals surface area contributed by atoms with Crippen molar-refractivity contribution in [2.75, 3.05) is 62.2 Å². The van der Waals surface area contributed by atoms with Gasteiger partial charge in [0.1, 0.15) is 9.90 Å². The molecule has 2 saturated heterocycles. The second-order valence-electron chi connectivity index (χ2n) is 8.80. The summed E-state index contributed by atoms with van der Waals surface area (Å²) in [5, 5.41) is 0. The van der Waals surface area contributed by atoms with Gasteiger partial charge in [-0.05, 0) is 66.8 Å². The standard InChI is InChI=1S/C24H30FN3O2S3/c25-20-7-9-21(10-8-20)27-15-13-26(14-16-27)11-3-12-28-19-24(31-17-4-18-32-24)22-5-1-2-6-23(22)33(28,29)30/h1-2,5-10H,3-4,11-19H2. The molecule has 0 unspecified atom stereocenters. The maximum absolute atomic E-state index is 13.4. The van der Waals surface area contributed by atoms with Gasteiger partial charge in [0.2, 0.25) is 10.0 Å². The Morgan fingerprint density at radius 3 is 2.33 bits per heavy atom. The Bertz CT molecular complexity index is 1070. The van der Waals surface area contributed by atoms with Crippen LogP contribution in [0.5, 0.6) is 0 Å². The third kappa shape index (κ3) is 4.80. The lowest BCUT2D eigenvalue weighted by molar-refractivity contribution is 0.244. The number of halogens is 1. The molecule has 0 aromatic heterocycles. The highest BCUT2D eigenvalue weighted by Crippen LogP contribution is 2.55. The van der Waals surface area contributed by atoms with Crippen molar-refractivity contribution < 1.29 is 12.8 Å². The molecule has 5 rings (SSSR count). The number of benzene rings is 2. The van der Waals surface area contributed by atoms with Crippen LogP contribution >= 0.6 is 23.5 Å². The first kappa shape index (κ1) is 23.5. The van der Waals surface area contributed by atoms with Crippen molar-refractivity contribution in [2.45, 2.75) is 21.8 Å². The number of rotatable bonds is 5. The first-order chi connectivity index (χ1) is 16.0. The minimum atomic E-state index is -3.46. The average molecular weight is 508 g/mol. The molecule has 3 aliphatic rings. The minimum absolute atomic E-state index is 0.180. The lowest BCUT2D eigenvalue weighted by atomic mass is 10.1. The van der Waals surface area contributed by atoms with Gasteiger partial charge in [0, 0.05) is 45.0 Å². The van der Waals surface area contributed by atoms with E-state index in [9.17, 15) is 12.8 Å². The summed E-state index contributed by atoms with van der Waals surface area (Å²) in [4.78, 5) is 5.18. The topological polar surface area (TPSA) is 43.9 Å². The summed E-state index contributed by atoms with van der Waals surface area (Å²) in [6, 6.07) is 14.3. The molecule has 2 aromatic carbocycles. The normalized spacial score (nSPS) is 22.9. The van der Waals surface area contributed by atoms with E-state index in [4.69, 9.17) is 0 Å². The molecule has 2 aromatic rings. The van der Waals surface area contributed by atoms with E-state index in [1.807, 2.05) is 53.9 Å². The van der Waals surface area contributed by atoms with Gasteiger partial charge in [-0.15, -0.1) is 23.5 Å². The molecule has 0 atom stereocenters. The predicted octanol–water partition coefficient (Wildman–Crippen LogP) is 4.07. The van der Waals surface area contributed by atoms with Crippen LogP contribution in [0.25, 0.3) is 0 Å². The van der Waals surface area contributed by atoms with Crippen molar-refractivity contribution in [1.82, 2.24) is 9.21 Å². The first-order valence-corrected chi connectivity index (χ1v) is 15.0. The third-order valence-electron chi connectivity index (χ3n) is 6.70. The van der Waals surface area contributed by atoms with Gasteiger partial charge in [-0.3, -0.25) is 4.90 Å². The van der Waals surface area contributed by atoms with Crippen molar-refractivity contribution in [3.63, 3.8) is 0 Å². The second-order valence-corrected chi connectivity index (χ2v) is 13.7. The fraction of sp³-hybridized carbons (Fsp3) is 0.500. The molecule has 5 nitrogen and oxygen atoms in total. The zero-order valence-corrected chi connectivity index (χ0v) is 21.1. The zero-order valence-electron chi connectivity index (χ0n) is 18.7. The second kappa shape index (κ2) is 9.77. The van der Waals surface area contributed by atoms with Crippen LogP contribution in [0.15, 0.2) is 53.4 Å². The number of sulfonamides is 1. The van der Waals surface area contributed by atoms with Crippen LogP contribution in [0.1, 0.15) is 18.4 Å². The molecule has 1 spiro atoms. The summed E-state index contributed by atoms with van der Waals surface area (Å²) < 4.78 is 41.5. The van der Waals surface area contributed by atoms with Crippen LogP contribution in [0.2, 0.25) is 0 Å². The molecule has 0 aliphatic carbocycles. The van der Waals surface area contributed by atoms with E-state index in [2.05, 4.69) is 9.80 Å². The fourth-order valence-corrected chi connectivity index (χ4v) is 10.4. The molecule has 3 heterocycles. The Morgan fingerprint density at radius 2 is 1.61 bits per heavy atom. The number of fused-ring (bicyclic) bond motifs is 2. The molecule has 0 amide bonds. The summed E-state index contributed by atoms with van der Waals surface area (Å²) in [6.07, 6.45) is 2.00. The Balaban J connectivity index is 1.20. The number of hydrogen-bond donors (Lipinski definition) is 0. The molecule has 3 aliphatic heterocycles. The largest absolute Gasteiger partial charge is 0.369 e. The Labute approximate surface area is 204 Å². The monoisotopic (exact) mass is 507 g/mol. The van der Waals surface area contributed by atoms with Gasteiger partial charge in [0.05, 0.1) is 4.90 Å². The maximum atomic E-state index is 13.4.